The van der Waals surface area contributed by atoms with Gasteiger partial charge in [0.05, 0.1) is 0 Å². The maximum Gasteiger partial charge on any atom is 0.0494 e. The van der Waals surface area contributed by atoms with Gasteiger partial charge in [-0.1, -0.05) is 40.5 Å². The van der Waals surface area contributed by atoms with Gasteiger partial charge in [-0.25, -0.2) is 0 Å². The molecule has 0 N–H and O–H groups in total. The molecule has 0 saturated heterocycles. The molecule has 1 aliphatic carbocycles. The zero-order chi connectivity index (χ0) is 13.4. The third-order valence-corrected chi connectivity index (χ3v) is 4.19. The summed E-state index contributed by atoms with van der Waals surface area (Å²) in [5.41, 5.74) is 0. The average molecular weight is 254 g/mol. The number of hydrogen-bond donors (Lipinski definition) is 0. The lowest BCUT2D eigenvalue weighted by atomic mass is 9.79. The summed E-state index contributed by atoms with van der Waals surface area (Å²) in [6.07, 6.45) is 9.67. The van der Waals surface area contributed by atoms with Crippen LogP contribution in [0.4, 0.5) is 0 Å². The standard InChI is InChI=1S/C17H34O/c1-14(2)6-5-11-18-13-17-9-7-16(8-10-17)12-15(3)4/h14-17H,5-13H2,1-4H3. The summed E-state index contributed by atoms with van der Waals surface area (Å²) in [6.45, 7) is 11.3. The van der Waals surface area contributed by atoms with Gasteiger partial charge in [0.2, 0.25) is 0 Å². The van der Waals surface area contributed by atoms with E-state index in [2.05, 4.69) is 27.7 Å². The van der Waals surface area contributed by atoms with Crippen molar-refractivity contribution in [3.63, 3.8) is 0 Å². The molecule has 0 aromatic heterocycles. The van der Waals surface area contributed by atoms with Crippen LogP contribution in [0.5, 0.6) is 0 Å². The number of rotatable bonds is 8. The summed E-state index contributed by atoms with van der Waals surface area (Å²) in [5, 5.41) is 0. The molecule has 108 valence electrons. The molecule has 1 rings (SSSR count). The van der Waals surface area contributed by atoms with E-state index in [1.54, 1.807) is 0 Å². The normalized spacial score (nSPS) is 25.0. The molecule has 0 aliphatic heterocycles. The summed E-state index contributed by atoms with van der Waals surface area (Å²) in [6, 6.07) is 0. The molecule has 0 spiro atoms. The highest BCUT2D eigenvalue weighted by molar-refractivity contribution is 4.73. The van der Waals surface area contributed by atoms with Crippen LogP contribution in [0.2, 0.25) is 0 Å². The molecule has 1 saturated carbocycles. The predicted molar refractivity (Wildman–Crippen MR) is 79.8 cm³/mol. The molecular formula is C17H34O. The summed E-state index contributed by atoms with van der Waals surface area (Å²) in [5.74, 6) is 3.55. The second-order valence-electron chi connectivity index (χ2n) is 7.13. The Balaban J connectivity index is 1.98. The fourth-order valence-corrected chi connectivity index (χ4v) is 3.14. The van der Waals surface area contributed by atoms with E-state index in [0.717, 1.165) is 36.9 Å². The van der Waals surface area contributed by atoms with Gasteiger partial charge in [0.1, 0.15) is 0 Å². The highest BCUT2D eigenvalue weighted by atomic mass is 16.5. The van der Waals surface area contributed by atoms with Crippen LogP contribution in [-0.4, -0.2) is 13.2 Å². The summed E-state index contributed by atoms with van der Waals surface area (Å²) in [4.78, 5) is 0. The van der Waals surface area contributed by atoms with Crippen molar-refractivity contribution < 1.29 is 4.74 Å². The molecule has 1 fully saturated rings. The molecule has 0 unspecified atom stereocenters. The molecule has 0 atom stereocenters. The van der Waals surface area contributed by atoms with Crippen LogP contribution in [0.25, 0.3) is 0 Å². The fourth-order valence-electron chi connectivity index (χ4n) is 3.14. The van der Waals surface area contributed by atoms with Crippen LogP contribution in [0.3, 0.4) is 0 Å². The molecule has 18 heavy (non-hydrogen) atoms. The van der Waals surface area contributed by atoms with Gasteiger partial charge < -0.3 is 4.74 Å². The Hall–Kier alpha value is -0.0400. The van der Waals surface area contributed by atoms with Crippen molar-refractivity contribution in [3.05, 3.63) is 0 Å². The van der Waals surface area contributed by atoms with E-state index >= 15 is 0 Å². The molecule has 0 bridgehead atoms. The molecule has 1 heteroatoms. The highest BCUT2D eigenvalue weighted by Crippen LogP contribution is 2.32. The van der Waals surface area contributed by atoms with E-state index in [9.17, 15) is 0 Å². The van der Waals surface area contributed by atoms with Crippen LogP contribution in [0.1, 0.15) is 72.6 Å². The Morgan fingerprint density at radius 1 is 0.889 bits per heavy atom. The zero-order valence-corrected chi connectivity index (χ0v) is 13.1. The molecular weight excluding hydrogens is 220 g/mol. The summed E-state index contributed by atoms with van der Waals surface area (Å²) in [7, 11) is 0. The van der Waals surface area contributed by atoms with Gasteiger partial charge in [-0.3, -0.25) is 0 Å². The molecule has 1 nitrogen and oxygen atoms in total. The quantitative estimate of drug-likeness (QED) is 0.535. The van der Waals surface area contributed by atoms with E-state index in [1.807, 2.05) is 0 Å². The minimum absolute atomic E-state index is 0.820. The fraction of sp³-hybridized carbons (Fsp3) is 1.00. The van der Waals surface area contributed by atoms with Crippen molar-refractivity contribution in [2.75, 3.05) is 13.2 Å². The molecule has 1 aliphatic rings. The maximum atomic E-state index is 5.84. The van der Waals surface area contributed by atoms with E-state index in [-0.39, 0.29) is 0 Å². The van der Waals surface area contributed by atoms with E-state index in [0.29, 0.717) is 0 Å². The van der Waals surface area contributed by atoms with E-state index in [4.69, 9.17) is 4.74 Å². The average Bonchev–Trinajstić information content (AvgIpc) is 2.30. The van der Waals surface area contributed by atoms with Crippen LogP contribution in [0, 0.1) is 23.7 Å². The van der Waals surface area contributed by atoms with Crippen LogP contribution in [-0.2, 0) is 4.74 Å². The SMILES string of the molecule is CC(C)CCCOCC1CCC(CC(C)C)CC1. The van der Waals surface area contributed by atoms with Crippen LogP contribution in [0.15, 0.2) is 0 Å². The lowest BCUT2D eigenvalue weighted by Gasteiger charge is -2.29. The monoisotopic (exact) mass is 254 g/mol. The molecule has 0 aromatic rings. The second-order valence-corrected chi connectivity index (χ2v) is 7.13. The van der Waals surface area contributed by atoms with Crippen molar-refractivity contribution in [2.24, 2.45) is 23.7 Å². The largest absolute Gasteiger partial charge is 0.381 e. The maximum absolute atomic E-state index is 5.84. The van der Waals surface area contributed by atoms with Crippen molar-refractivity contribution >= 4 is 0 Å². The van der Waals surface area contributed by atoms with Gasteiger partial charge in [-0.2, -0.15) is 0 Å². The minimum Gasteiger partial charge on any atom is -0.381 e. The van der Waals surface area contributed by atoms with Crippen LogP contribution < -0.4 is 0 Å². The highest BCUT2D eigenvalue weighted by Gasteiger charge is 2.21. The van der Waals surface area contributed by atoms with Gasteiger partial charge in [0.25, 0.3) is 0 Å². The lowest BCUT2D eigenvalue weighted by Crippen LogP contribution is -2.20. The van der Waals surface area contributed by atoms with Gasteiger partial charge in [0, 0.05) is 13.2 Å². The molecule has 0 amide bonds. The topological polar surface area (TPSA) is 9.23 Å². The summed E-state index contributed by atoms with van der Waals surface area (Å²) < 4.78 is 5.84. The Kier molecular flexibility index (Phi) is 7.97. The first-order valence-electron chi connectivity index (χ1n) is 8.15. The third kappa shape index (κ3) is 7.41. The summed E-state index contributed by atoms with van der Waals surface area (Å²) >= 11 is 0. The Morgan fingerprint density at radius 3 is 2.06 bits per heavy atom. The van der Waals surface area contributed by atoms with Gasteiger partial charge in [0.15, 0.2) is 0 Å². The minimum atomic E-state index is 0.820. The van der Waals surface area contributed by atoms with Gasteiger partial charge in [-0.05, 0) is 55.8 Å². The molecule has 0 aromatic carbocycles. The van der Waals surface area contributed by atoms with E-state index < -0.39 is 0 Å². The van der Waals surface area contributed by atoms with Crippen molar-refractivity contribution in [2.45, 2.75) is 72.6 Å². The Morgan fingerprint density at radius 2 is 1.50 bits per heavy atom. The van der Waals surface area contributed by atoms with Crippen LogP contribution >= 0.6 is 0 Å². The zero-order valence-electron chi connectivity index (χ0n) is 13.1. The Bertz CT molecular complexity index is 190. The third-order valence-electron chi connectivity index (χ3n) is 4.19. The molecule has 0 heterocycles. The molecule has 0 radical (unpaired) electrons. The van der Waals surface area contributed by atoms with Crippen molar-refractivity contribution in [1.29, 1.82) is 0 Å². The smallest absolute Gasteiger partial charge is 0.0494 e. The predicted octanol–water partition coefficient (Wildman–Crippen LogP) is 5.29. The van der Waals surface area contributed by atoms with E-state index in [1.165, 1.54) is 44.9 Å². The first-order chi connectivity index (χ1) is 8.58. The second kappa shape index (κ2) is 8.96. The lowest BCUT2D eigenvalue weighted by molar-refractivity contribution is 0.0722. The van der Waals surface area contributed by atoms with Gasteiger partial charge in [-0.15, -0.1) is 0 Å². The van der Waals surface area contributed by atoms with Crippen molar-refractivity contribution in [3.8, 4) is 0 Å². The number of ether oxygens (including phenoxy) is 1. The van der Waals surface area contributed by atoms with Crippen molar-refractivity contribution in [1.82, 2.24) is 0 Å². The first kappa shape index (κ1) is 16.0. The number of hydrogen-bond acceptors (Lipinski definition) is 1. The first-order valence-corrected chi connectivity index (χ1v) is 8.15. The van der Waals surface area contributed by atoms with Gasteiger partial charge >= 0.3 is 0 Å². The Labute approximate surface area is 115 Å².